The Bertz CT molecular complexity index is 651. The van der Waals surface area contributed by atoms with E-state index in [0.29, 0.717) is 11.3 Å². The molecule has 0 aliphatic heterocycles. The molecule has 1 aromatic heterocycles. The van der Waals surface area contributed by atoms with Gasteiger partial charge in [0, 0.05) is 5.69 Å². The van der Waals surface area contributed by atoms with Crippen molar-refractivity contribution in [2.75, 3.05) is 25.3 Å². The molecule has 0 radical (unpaired) electrons. The standard InChI is InChI=1S/C14H16N4O3/c1-8-4-5-10(15)9(6-8)13(19)18-14-16-11(20-2)7-12(17-14)21-3/h4-7H,15H2,1-3H3,(H,16,17,18,19). The van der Waals surface area contributed by atoms with E-state index in [0.717, 1.165) is 5.56 Å². The zero-order valence-corrected chi connectivity index (χ0v) is 12.0. The predicted molar refractivity (Wildman–Crippen MR) is 78.7 cm³/mol. The number of hydrogen-bond donors (Lipinski definition) is 2. The molecule has 2 rings (SSSR count). The third kappa shape index (κ3) is 3.38. The van der Waals surface area contributed by atoms with E-state index in [-0.39, 0.29) is 17.7 Å². The van der Waals surface area contributed by atoms with Gasteiger partial charge in [-0.3, -0.25) is 10.1 Å². The van der Waals surface area contributed by atoms with Gasteiger partial charge in [0.15, 0.2) is 0 Å². The van der Waals surface area contributed by atoms with Crippen LogP contribution in [0.2, 0.25) is 0 Å². The van der Waals surface area contributed by atoms with Crippen LogP contribution in [0.25, 0.3) is 0 Å². The van der Waals surface area contributed by atoms with Crippen LogP contribution in [-0.4, -0.2) is 30.1 Å². The number of methoxy groups -OCH3 is 2. The molecule has 0 aliphatic carbocycles. The van der Waals surface area contributed by atoms with Gasteiger partial charge in [-0.25, -0.2) is 0 Å². The third-order valence-corrected chi connectivity index (χ3v) is 2.78. The average molecular weight is 288 g/mol. The maximum Gasteiger partial charge on any atom is 0.260 e. The van der Waals surface area contributed by atoms with Crippen LogP contribution in [0.15, 0.2) is 24.3 Å². The normalized spacial score (nSPS) is 10.0. The summed E-state index contributed by atoms with van der Waals surface area (Å²) in [6.45, 7) is 1.88. The molecule has 0 saturated carbocycles. The van der Waals surface area contributed by atoms with Crippen molar-refractivity contribution in [2.45, 2.75) is 6.92 Å². The van der Waals surface area contributed by atoms with Crippen molar-refractivity contribution in [3.63, 3.8) is 0 Å². The minimum atomic E-state index is -0.397. The molecule has 0 fully saturated rings. The number of nitrogens with zero attached hydrogens (tertiary/aromatic N) is 2. The molecule has 2 aromatic rings. The van der Waals surface area contributed by atoms with Crippen molar-refractivity contribution >= 4 is 17.5 Å². The minimum absolute atomic E-state index is 0.0807. The largest absolute Gasteiger partial charge is 0.481 e. The molecular formula is C14H16N4O3. The highest BCUT2D eigenvalue weighted by atomic mass is 16.5. The van der Waals surface area contributed by atoms with Gasteiger partial charge in [-0.1, -0.05) is 11.6 Å². The Morgan fingerprint density at radius 1 is 1.14 bits per heavy atom. The van der Waals surface area contributed by atoms with Crippen molar-refractivity contribution < 1.29 is 14.3 Å². The summed E-state index contributed by atoms with van der Waals surface area (Å²) in [5.74, 6) is 0.257. The van der Waals surface area contributed by atoms with E-state index in [4.69, 9.17) is 15.2 Å². The van der Waals surface area contributed by atoms with Crippen molar-refractivity contribution in [1.82, 2.24) is 9.97 Å². The average Bonchev–Trinajstić information content (AvgIpc) is 2.49. The van der Waals surface area contributed by atoms with E-state index in [1.807, 2.05) is 13.0 Å². The molecule has 1 heterocycles. The summed E-state index contributed by atoms with van der Waals surface area (Å²) in [6, 6.07) is 6.72. The number of hydrogen-bond acceptors (Lipinski definition) is 6. The van der Waals surface area contributed by atoms with Gasteiger partial charge in [0.25, 0.3) is 5.91 Å². The van der Waals surface area contributed by atoms with Crippen LogP contribution in [0.3, 0.4) is 0 Å². The van der Waals surface area contributed by atoms with E-state index < -0.39 is 5.91 Å². The maximum absolute atomic E-state index is 12.2. The van der Waals surface area contributed by atoms with Crippen molar-refractivity contribution in [1.29, 1.82) is 0 Å². The van der Waals surface area contributed by atoms with Crippen LogP contribution >= 0.6 is 0 Å². The lowest BCUT2D eigenvalue weighted by molar-refractivity contribution is 0.102. The molecule has 0 saturated heterocycles. The van der Waals surface area contributed by atoms with Gasteiger partial charge in [-0.2, -0.15) is 9.97 Å². The number of nitrogens with one attached hydrogen (secondary N) is 1. The number of benzene rings is 1. The maximum atomic E-state index is 12.2. The first-order chi connectivity index (χ1) is 10.0. The highest BCUT2D eigenvalue weighted by molar-refractivity contribution is 6.07. The Balaban J connectivity index is 2.28. The summed E-state index contributed by atoms with van der Waals surface area (Å²) in [7, 11) is 2.93. The number of anilines is 2. The highest BCUT2D eigenvalue weighted by Gasteiger charge is 2.13. The van der Waals surface area contributed by atoms with Crippen molar-refractivity contribution in [2.24, 2.45) is 0 Å². The first-order valence-corrected chi connectivity index (χ1v) is 6.18. The zero-order valence-electron chi connectivity index (χ0n) is 12.0. The van der Waals surface area contributed by atoms with E-state index in [9.17, 15) is 4.79 Å². The Hall–Kier alpha value is -2.83. The van der Waals surface area contributed by atoms with Crippen LogP contribution in [0.4, 0.5) is 11.6 Å². The Labute approximate surface area is 122 Å². The van der Waals surface area contributed by atoms with Gasteiger partial charge >= 0.3 is 0 Å². The molecular weight excluding hydrogens is 272 g/mol. The van der Waals surface area contributed by atoms with Crippen LogP contribution in [0, 0.1) is 6.92 Å². The van der Waals surface area contributed by atoms with Gasteiger partial charge in [0.05, 0.1) is 25.8 Å². The number of ether oxygens (including phenoxy) is 2. The summed E-state index contributed by atoms with van der Waals surface area (Å²) in [4.78, 5) is 20.3. The summed E-state index contributed by atoms with van der Waals surface area (Å²) in [5.41, 5.74) is 7.48. The van der Waals surface area contributed by atoms with Gasteiger partial charge in [0.1, 0.15) is 0 Å². The lowest BCUT2D eigenvalue weighted by Gasteiger charge is -2.09. The number of aromatic nitrogens is 2. The second kappa shape index (κ2) is 6.08. The topological polar surface area (TPSA) is 99.4 Å². The quantitative estimate of drug-likeness (QED) is 0.830. The highest BCUT2D eigenvalue weighted by Crippen LogP contribution is 2.19. The summed E-state index contributed by atoms with van der Waals surface area (Å²) in [6.07, 6.45) is 0. The van der Waals surface area contributed by atoms with Gasteiger partial charge in [-0.15, -0.1) is 0 Å². The molecule has 110 valence electrons. The van der Waals surface area contributed by atoms with Crippen LogP contribution in [0.5, 0.6) is 11.8 Å². The second-order valence-electron chi connectivity index (χ2n) is 4.32. The summed E-state index contributed by atoms with van der Waals surface area (Å²) >= 11 is 0. The van der Waals surface area contributed by atoms with Crippen LogP contribution in [0.1, 0.15) is 15.9 Å². The monoisotopic (exact) mass is 288 g/mol. The number of nitrogen functional groups attached to an aromatic ring is 1. The number of rotatable bonds is 4. The third-order valence-electron chi connectivity index (χ3n) is 2.78. The Morgan fingerprint density at radius 3 is 2.33 bits per heavy atom. The summed E-state index contributed by atoms with van der Waals surface area (Å²) < 4.78 is 10.0. The number of carbonyl (C=O) groups excluding carboxylic acids is 1. The molecule has 1 amide bonds. The summed E-state index contributed by atoms with van der Waals surface area (Å²) in [5, 5.41) is 2.57. The molecule has 21 heavy (non-hydrogen) atoms. The lowest BCUT2D eigenvalue weighted by Crippen LogP contribution is -2.16. The molecule has 0 aliphatic rings. The van der Waals surface area contributed by atoms with E-state index in [2.05, 4.69) is 15.3 Å². The SMILES string of the molecule is COc1cc(OC)nc(NC(=O)c2cc(C)ccc2N)n1. The number of aryl methyl sites for hydroxylation is 1. The van der Waals surface area contributed by atoms with E-state index >= 15 is 0 Å². The molecule has 1 aromatic carbocycles. The second-order valence-corrected chi connectivity index (χ2v) is 4.32. The molecule has 0 spiro atoms. The fourth-order valence-electron chi connectivity index (χ4n) is 1.70. The molecule has 0 bridgehead atoms. The molecule has 7 heteroatoms. The van der Waals surface area contributed by atoms with Crippen molar-refractivity contribution in [3.05, 3.63) is 35.4 Å². The number of amides is 1. The fraction of sp³-hybridized carbons (Fsp3) is 0.214. The Kier molecular flexibility index (Phi) is 4.22. The first-order valence-electron chi connectivity index (χ1n) is 6.18. The van der Waals surface area contributed by atoms with E-state index in [1.165, 1.54) is 20.3 Å². The number of nitrogens with two attached hydrogens (primary N) is 1. The van der Waals surface area contributed by atoms with E-state index in [1.54, 1.807) is 12.1 Å². The lowest BCUT2D eigenvalue weighted by atomic mass is 10.1. The fourth-order valence-corrected chi connectivity index (χ4v) is 1.70. The molecule has 0 unspecified atom stereocenters. The Morgan fingerprint density at radius 2 is 1.76 bits per heavy atom. The molecule has 0 atom stereocenters. The first kappa shape index (κ1) is 14.6. The molecule has 3 N–H and O–H groups in total. The minimum Gasteiger partial charge on any atom is -0.481 e. The van der Waals surface area contributed by atoms with Crippen molar-refractivity contribution in [3.8, 4) is 11.8 Å². The van der Waals surface area contributed by atoms with Gasteiger partial charge < -0.3 is 15.2 Å². The van der Waals surface area contributed by atoms with Gasteiger partial charge in [0.2, 0.25) is 17.7 Å². The predicted octanol–water partition coefficient (Wildman–Crippen LogP) is 1.64. The van der Waals surface area contributed by atoms with Crippen LogP contribution in [-0.2, 0) is 0 Å². The number of carbonyl (C=O) groups is 1. The molecule has 7 nitrogen and oxygen atoms in total. The van der Waals surface area contributed by atoms with Crippen LogP contribution < -0.4 is 20.5 Å². The zero-order chi connectivity index (χ0) is 15.4. The smallest absolute Gasteiger partial charge is 0.260 e. The van der Waals surface area contributed by atoms with Gasteiger partial charge in [-0.05, 0) is 19.1 Å².